The van der Waals surface area contributed by atoms with E-state index < -0.39 is 6.10 Å². The van der Waals surface area contributed by atoms with Gasteiger partial charge in [-0.25, -0.2) is 4.98 Å². The van der Waals surface area contributed by atoms with Crippen molar-refractivity contribution in [1.29, 1.82) is 0 Å². The molecule has 3 N–H and O–H groups in total. The fourth-order valence-electron chi connectivity index (χ4n) is 2.34. The third-order valence-electron chi connectivity index (χ3n) is 3.49. The second-order valence-corrected chi connectivity index (χ2v) is 5.93. The maximum Gasteiger partial charge on any atom is 0.255 e. The highest BCUT2D eigenvalue weighted by atomic mass is 35.5. The van der Waals surface area contributed by atoms with Gasteiger partial charge in [0.05, 0.1) is 23.4 Å². The molecule has 6 nitrogen and oxygen atoms in total. The molecule has 2 aromatic rings. The van der Waals surface area contributed by atoms with Crippen LogP contribution in [0.25, 0.3) is 10.2 Å². The maximum atomic E-state index is 12.1. The van der Waals surface area contributed by atoms with Crippen LogP contribution in [-0.4, -0.2) is 36.8 Å². The van der Waals surface area contributed by atoms with Crippen LogP contribution in [0.15, 0.2) is 18.2 Å². The van der Waals surface area contributed by atoms with Gasteiger partial charge in [-0.05, 0) is 31.0 Å². The summed E-state index contributed by atoms with van der Waals surface area (Å²) in [4.78, 5) is 16.5. The van der Waals surface area contributed by atoms with E-state index in [0.29, 0.717) is 18.1 Å². The van der Waals surface area contributed by atoms with E-state index in [4.69, 9.17) is 15.2 Å². The zero-order chi connectivity index (χ0) is 14.8. The van der Waals surface area contributed by atoms with Gasteiger partial charge in [0.2, 0.25) is 0 Å². The van der Waals surface area contributed by atoms with E-state index in [0.717, 1.165) is 22.4 Å². The molecule has 0 aliphatic carbocycles. The molecule has 8 heteroatoms. The first-order valence-corrected chi connectivity index (χ1v) is 7.62. The summed E-state index contributed by atoms with van der Waals surface area (Å²) in [5, 5.41) is 3.39. The Morgan fingerprint density at radius 3 is 3.05 bits per heavy atom. The quantitative estimate of drug-likeness (QED) is 0.888. The number of fused-ring (bicyclic) bond motifs is 1. The zero-order valence-corrected chi connectivity index (χ0v) is 13.7. The van der Waals surface area contributed by atoms with Crippen LogP contribution < -0.4 is 15.8 Å². The van der Waals surface area contributed by atoms with Crippen molar-refractivity contribution in [2.24, 2.45) is 5.73 Å². The number of benzene rings is 1. The van der Waals surface area contributed by atoms with Crippen molar-refractivity contribution in [1.82, 2.24) is 4.98 Å². The van der Waals surface area contributed by atoms with E-state index >= 15 is 0 Å². The van der Waals surface area contributed by atoms with Crippen LogP contribution in [0.1, 0.15) is 12.8 Å². The van der Waals surface area contributed by atoms with E-state index in [-0.39, 0.29) is 24.4 Å². The molecule has 22 heavy (non-hydrogen) atoms. The molecule has 2 atom stereocenters. The molecule has 0 saturated carbocycles. The summed E-state index contributed by atoms with van der Waals surface area (Å²) < 4.78 is 11.7. The van der Waals surface area contributed by atoms with Crippen molar-refractivity contribution in [2.75, 3.05) is 19.0 Å². The fourth-order valence-corrected chi connectivity index (χ4v) is 3.24. The van der Waals surface area contributed by atoms with Gasteiger partial charge in [0, 0.05) is 6.54 Å². The lowest BCUT2D eigenvalue weighted by Gasteiger charge is -2.10. The van der Waals surface area contributed by atoms with Crippen LogP contribution in [0.3, 0.4) is 0 Å². The van der Waals surface area contributed by atoms with Gasteiger partial charge in [0.15, 0.2) is 5.13 Å². The van der Waals surface area contributed by atoms with E-state index in [1.54, 1.807) is 7.11 Å². The summed E-state index contributed by atoms with van der Waals surface area (Å²) in [5.41, 5.74) is 6.38. The number of carbonyl (C=O) groups is 1. The summed E-state index contributed by atoms with van der Waals surface area (Å²) >= 11 is 1.42. The second-order valence-electron chi connectivity index (χ2n) is 4.90. The summed E-state index contributed by atoms with van der Waals surface area (Å²) in [6, 6.07) is 5.62. The molecule has 1 saturated heterocycles. The summed E-state index contributed by atoms with van der Waals surface area (Å²) in [6.07, 6.45) is 1.08. The lowest BCUT2D eigenvalue weighted by atomic mass is 10.2. The van der Waals surface area contributed by atoms with Crippen LogP contribution in [0.5, 0.6) is 5.75 Å². The van der Waals surface area contributed by atoms with Gasteiger partial charge in [0.1, 0.15) is 11.9 Å². The SMILES string of the molecule is COc1ccc2nc(NC(=O)[C@@H]3CC[C@H](CN)O3)sc2c1.Cl. The van der Waals surface area contributed by atoms with Crippen molar-refractivity contribution in [3.8, 4) is 5.75 Å². The Kier molecular flexibility index (Phi) is 5.57. The molecule has 2 heterocycles. The van der Waals surface area contributed by atoms with Crippen molar-refractivity contribution in [2.45, 2.75) is 25.0 Å². The van der Waals surface area contributed by atoms with Gasteiger partial charge in [-0.3, -0.25) is 10.1 Å². The van der Waals surface area contributed by atoms with Crippen LogP contribution in [0, 0.1) is 0 Å². The van der Waals surface area contributed by atoms with Crippen molar-refractivity contribution in [3.63, 3.8) is 0 Å². The molecule has 0 spiro atoms. The van der Waals surface area contributed by atoms with Crippen LogP contribution >= 0.6 is 23.7 Å². The third-order valence-corrected chi connectivity index (χ3v) is 4.42. The Morgan fingerprint density at radius 2 is 2.36 bits per heavy atom. The number of aromatic nitrogens is 1. The first-order valence-electron chi connectivity index (χ1n) is 6.80. The number of hydrogen-bond donors (Lipinski definition) is 2. The Hall–Kier alpha value is -1.41. The Labute approximate surface area is 138 Å². The van der Waals surface area contributed by atoms with Crippen molar-refractivity contribution < 1.29 is 14.3 Å². The minimum Gasteiger partial charge on any atom is -0.497 e. The molecule has 3 rings (SSSR count). The lowest BCUT2D eigenvalue weighted by molar-refractivity contribution is -0.126. The molecule has 120 valence electrons. The Balaban J connectivity index is 0.00000176. The summed E-state index contributed by atoms with van der Waals surface area (Å²) in [6.45, 7) is 0.449. The van der Waals surface area contributed by atoms with Gasteiger partial charge < -0.3 is 15.2 Å². The average molecular weight is 344 g/mol. The number of carbonyl (C=O) groups excluding carboxylic acids is 1. The molecule has 0 radical (unpaired) electrons. The number of nitrogens with two attached hydrogens (primary N) is 1. The second kappa shape index (κ2) is 7.23. The van der Waals surface area contributed by atoms with E-state index in [1.165, 1.54) is 11.3 Å². The number of amides is 1. The van der Waals surface area contributed by atoms with Gasteiger partial charge in [-0.2, -0.15) is 0 Å². The Bertz CT molecular complexity index is 664. The van der Waals surface area contributed by atoms with Gasteiger partial charge >= 0.3 is 0 Å². The molecule has 1 aromatic carbocycles. The topological polar surface area (TPSA) is 86.5 Å². The summed E-state index contributed by atoms with van der Waals surface area (Å²) in [7, 11) is 1.62. The zero-order valence-electron chi connectivity index (χ0n) is 12.1. The number of ether oxygens (including phenoxy) is 2. The molecule has 1 aliphatic heterocycles. The highest BCUT2D eigenvalue weighted by Gasteiger charge is 2.30. The fraction of sp³-hybridized carbons (Fsp3) is 0.429. The summed E-state index contributed by atoms with van der Waals surface area (Å²) in [5.74, 6) is 0.617. The number of rotatable bonds is 4. The number of anilines is 1. The maximum absolute atomic E-state index is 12.1. The average Bonchev–Trinajstić information content (AvgIpc) is 3.12. The van der Waals surface area contributed by atoms with E-state index in [2.05, 4.69) is 10.3 Å². The van der Waals surface area contributed by atoms with Crippen LogP contribution in [0.4, 0.5) is 5.13 Å². The van der Waals surface area contributed by atoms with E-state index in [9.17, 15) is 4.79 Å². The molecule has 1 aliphatic rings. The minimum absolute atomic E-state index is 0. The highest BCUT2D eigenvalue weighted by Crippen LogP contribution is 2.29. The Morgan fingerprint density at radius 1 is 1.55 bits per heavy atom. The van der Waals surface area contributed by atoms with Crippen LogP contribution in [0.2, 0.25) is 0 Å². The van der Waals surface area contributed by atoms with Crippen molar-refractivity contribution in [3.05, 3.63) is 18.2 Å². The number of nitrogens with zero attached hydrogens (tertiary/aromatic N) is 1. The molecule has 1 amide bonds. The minimum atomic E-state index is -0.430. The molecule has 1 aromatic heterocycles. The first kappa shape index (κ1) is 17.0. The largest absolute Gasteiger partial charge is 0.497 e. The molecule has 1 fully saturated rings. The molecular formula is C14H18ClN3O3S. The number of halogens is 1. The number of hydrogen-bond acceptors (Lipinski definition) is 6. The molecular weight excluding hydrogens is 326 g/mol. The van der Waals surface area contributed by atoms with E-state index in [1.807, 2.05) is 18.2 Å². The predicted octanol–water partition coefficient (Wildman–Crippen LogP) is 2.17. The standard InChI is InChI=1S/C14H17N3O3S.ClH/c1-19-8-2-4-10-12(6-8)21-14(16-10)17-13(18)11-5-3-9(7-15)20-11;/h2,4,6,9,11H,3,5,7,15H2,1H3,(H,16,17,18);1H/t9-,11+;/m1./s1. The van der Waals surface area contributed by atoms with Crippen LogP contribution in [-0.2, 0) is 9.53 Å². The normalized spacial score (nSPS) is 20.6. The third kappa shape index (κ3) is 3.49. The smallest absolute Gasteiger partial charge is 0.255 e. The predicted molar refractivity (Wildman–Crippen MR) is 89.0 cm³/mol. The monoisotopic (exact) mass is 343 g/mol. The lowest BCUT2D eigenvalue weighted by Crippen LogP contribution is -2.29. The van der Waals surface area contributed by atoms with Crippen molar-refractivity contribution >= 4 is 45.0 Å². The van der Waals surface area contributed by atoms with Gasteiger partial charge in [-0.1, -0.05) is 11.3 Å². The van der Waals surface area contributed by atoms with Gasteiger partial charge in [-0.15, -0.1) is 12.4 Å². The molecule has 0 bridgehead atoms. The number of nitrogens with one attached hydrogen (secondary N) is 1. The molecule has 0 unspecified atom stereocenters. The number of thiazole rings is 1. The highest BCUT2D eigenvalue weighted by molar-refractivity contribution is 7.22. The first-order chi connectivity index (χ1) is 10.2. The van der Waals surface area contributed by atoms with Gasteiger partial charge in [0.25, 0.3) is 5.91 Å². The number of methoxy groups -OCH3 is 1.